The van der Waals surface area contributed by atoms with Crippen molar-refractivity contribution in [1.29, 1.82) is 0 Å². The molecule has 26 heavy (non-hydrogen) atoms. The molecule has 0 saturated heterocycles. The quantitative estimate of drug-likeness (QED) is 0.624. The first-order valence-electron chi connectivity index (χ1n) is 8.56. The number of halogens is 1. The first-order valence-corrected chi connectivity index (χ1v) is 9.75. The summed E-state index contributed by atoms with van der Waals surface area (Å²) in [7, 11) is 0. The lowest BCUT2D eigenvalue weighted by Crippen LogP contribution is -2.32. The van der Waals surface area contributed by atoms with Crippen molar-refractivity contribution in [2.45, 2.75) is 32.4 Å². The van der Waals surface area contributed by atoms with Gasteiger partial charge in [0, 0.05) is 22.8 Å². The van der Waals surface area contributed by atoms with Crippen LogP contribution < -0.4 is 0 Å². The van der Waals surface area contributed by atoms with E-state index in [0.717, 1.165) is 34.8 Å². The maximum absolute atomic E-state index is 13.2. The van der Waals surface area contributed by atoms with Crippen molar-refractivity contribution in [3.05, 3.63) is 69.9 Å². The third-order valence-corrected chi connectivity index (χ3v) is 5.84. The zero-order chi connectivity index (χ0) is 18.1. The van der Waals surface area contributed by atoms with Crippen molar-refractivity contribution in [2.75, 3.05) is 0 Å². The molecule has 1 aromatic carbocycles. The van der Waals surface area contributed by atoms with E-state index in [4.69, 9.17) is 11.6 Å². The smallest absolute Gasteiger partial charge is 0.266 e. The molecule has 1 amide bonds. The summed E-state index contributed by atoms with van der Waals surface area (Å²) in [6, 6.07) is 13.7. The van der Waals surface area contributed by atoms with Crippen molar-refractivity contribution in [3.63, 3.8) is 0 Å². The Morgan fingerprint density at radius 1 is 1.23 bits per heavy atom. The Bertz CT molecular complexity index is 920. The van der Waals surface area contributed by atoms with Gasteiger partial charge in [-0.15, -0.1) is 11.3 Å². The maximum Gasteiger partial charge on any atom is 0.266 e. The highest BCUT2D eigenvalue weighted by Crippen LogP contribution is 2.34. The lowest BCUT2D eigenvalue weighted by atomic mass is 10.2. The van der Waals surface area contributed by atoms with E-state index in [1.807, 2.05) is 54.3 Å². The fourth-order valence-electron chi connectivity index (χ4n) is 2.86. The SMILES string of the molecule is Cc1nc(-c2ccc(Cl)cc2)sc1C(=O)N(Cc1ccccn1)C1CC1. The predicted octanol–water partition coefficient (Wildman–Crippen LogP) is 4.97. The third-order valence-electron chi connectivity index (χ3n) is 4.39. The number of aromatic nitrogens is 2. The molecule has 6 heteroatoms. The van der Waals surface area contributed by atoms with Crippen LogP contribution in [0, 0.1) is 6.92 Å². The van der Waals surface area contributed by atoms with Crippen molar-refractivity contribution in [1.82, 2.24) is 14.9 Å². The molecule has 3 aromatic rings. The van der Waals surface area contributed by atoms with E-state index in [-0.39, 0.29) is 5.91 Å². The Morgan fingerprint density at radius 3 is 2.65 bits per heavy atom. The lowest BCUT2D eigenvalue weighted by molar-refractivity contribution is 0.0731. The minimum Gasteiger partial charge on any atom is -0.329 e. The Morgan fingerprint density at radius 2 is 2.00 bits per heavy atom. The second-order valence-electron chi connectivity index (χ2n) is 6.43. The van der Waals surface area contributed by atoms with Gasteiger partial charge in [-0.3, -0.25) is 9.78 Å². The first kappa shape index (κ1) is 17.2. The van der Waals surface area contributed by atoms with Crippen molar-refractivity contribution in [3.8, 4) is 10.6 Å². The summed E-state index contributed by atoms with van der Waals surface area (Å²) in [5.41, 5.74) is 2.66. The number of hydrogen-bond acceptors (Lipinski definition) is 4. The van der Waals surface area contributed by atoms with Crippen molar-refractivity contribution < 1.29 is 4.79 Å². The van der Waals surface area contributed by atoms with Gasteiger partial charge >= 0.3 is 0 Å². The van der Waals surface area contributed by atoms with Crippen LogP contribution in [-0.2, 0) is 6.54 Å². The van der Waals surface area contributed by atoms with E-state index in [1.54, 1.807) is 6.20 Å². The minimum atomic E-state index is 0.0494. The van der Waals surface area contributed by atoms with E-state index in [2.05, 4.69) is 9.97 Å². The van der Waals surface area contributed by atoms with Crippen LogP contribution in [-0.4, -0.2) is 26.8 Å². The summed E-state index contributed by atoms with van der Waals surface area (Å²) in [6.07, 6.45) is 3.88. The van der Waals surface area contributed by atoms with Crippen molar-refractivity contribution >= 4 is 28.8 Å². The molecule has 1 aliphatic carbocycles. The molecule has 0 spiro atoms. The molecule has 0 N–H and O–H groups in total. The molecule has 2 heterocycles. The Balaban J connectivity index is 1.61. The molecule has 2 aromatic heterocycles. The van der Waals surface area contributed by atoms with Gasteiger partial charge in [-0.25, -0.2) is 4.98 Å². The number of hydrogen-bond donors (Lipinski definition) is 0. The molecule has 0 radical (unpaired) electrons. The third kappa shape index (κ3) is 3.64. The van der Waals surface area contributed by atoms with E-state index in [0.29, 0.717) is 22.5 Å². The van der Waals surface area contributed by atoms with Crippen LogP contribution >= 0.6 is 22.9 Å². The van der Waals surface area contributed by atoms with Crippen LogP contribution in [0.3, 0.4) is 0 Å². The molecule has 1 saturated carbocycles. The summed E-state index contributed by atoms with van der Waals surface area (Å²) < 4.78 is 0. The highest BCUT2D eigenvalue weighted by Gasteiger charge is 2.35. The van der Waals surface area contributed by atoms with E-state index >= 15 is 0 Å². The van der Waals surface area contributed by atoms with Gasteiger partial charge in [-0.2, -0.15) is 0 Å². The average Bonchev–Trinajstić information content (AvgIpc) is 3.42. The summed E-state index contributed by atoms with van der Waals surface area (Å²) in [5, 5.41) is 1.53. The van der Waals surface area contributed by atoms with Crippen LogP contribution in [0.2, 0.25) is 5.02 Å². The summed E-state index contributed by atoms with van der Waals surface area (Å²) in [6.45, 7) is 2.44. The number of thiazole rings is 1. The molecule has 0 atom stereocenters. The first-order chi connectivity index (χ1) is 12.6. The number of amides is 1. The topological polar surface area (TPSA) is 46.1 Å². The molecule has 4 rings (SSSR count). The van der Waals surface area contributed by atoms with Gasteiger partial charge in [0.15, 0.2) is 0 Å². The Hall–Kier alpha value is -2.24. The van der Waals surface area contributed by atoms with E-state index in [1.165, 1.54) is 11.3 Å². The van der Waals surface area contributed by atoms with Gasteiger partial charge in [-0.05, 0) is 44.0 Å². The van der Waals surface area contributed by atoms with Crippen LogP contribution in [0.1, 0.15) is 33.9 Å². The summed E-state index contributed by atoms with van der Waals surface area (Å²) in [4.78, 5) is 24.8. The Kier molecular flexibility index (Phi) is 4.74. The largest absolute Gasteiger partial charge is 0.329 e. The second kappa shape index (κ2) is 7.17. The summed E-state index contributed by atoms with van der Waals surface area (Å²) in [5.74, 6) is 0.0494. The standard InChI is InChI=1S/C20H18ClN3OS/c1-13-18(26-19(23-13)14-5-7-15(21)8-6-14)20(25)24(17-9-10-17)12-16-4-2-3-11-22-16/h2-8,11,17H,9-10,12H2,1H3. The molecule has 1 aliphatic rings. The summed E-state index contributed by atoms with van der Waals surface area (Å²) >= 11 is 7.41. The fourth-order valence-corrected chi connectivity index (χ4v) is 4.01. The average molecular weight is 384 g/mol. The zero-order valence-corrected chi connectivity index (χ0v) is 15.9. The molecule has 0 unspecified atom stereocenters. The Labute approximate surface area is 161 Å². The van der Waals surface area contributed by atoms with Crippen LogP contribution in [0.15, 0.2) is 48.7 Å². The normalized spacial score (nSPS) is 13.6. The molecule has 4 nitrogen and oxygen atoms in total. The number of carbonyl (C=O) groups is 1. The van der Waals surface area contributed by atoms with Crippen LogP contribution in [0.25, 0.3) is 10.6 Å². The number of aryl methyl sites for hydroxylation is 1. The highest BCUT2D eigenvalue weighted by atomic mass is 35.5. The number of nitrogens with zero attached hydrogens (tertiary/aromatic N) is 3. The second-order valence-corrected chi connectivity index (χ2v) is 7.86. The fraction of sp³-hybridized carbons (Fsp3) is 0.250. The number of benzene rings is 1. The number of carbonyl (C=O) groups excluding carboxylic acids is 1. The molecule has 0 bridgehead atoms. The number of pyridine rings is 1. The number of rotatable bonds is 5. The lowest BCUT2D eigenvalue weighted by Gasteiger charge is -2.21. The minimum absolute atomic E-state index is 0.0494. The maximum atomic E-state index is 13.2. The predicted molar refractivity (Wildman–Crippen MR) is 104 cm³/mol. The van der Waals surface area contributed by atoms with E-state index in [9.17, 15) is 4.79 Å². The van der Waals surface area contributed by atoms with Crippen LogP contribution in [0.4, 0.5) is 0 Å². The zero-order valence-electron chi connectivity index (χ0n) is 14.4. The van der Waals surface area contributed by atoms with E-state index < -0.39 is 0 Å². The molecular weight excluding hydrogens is 366 g/mol. The van der Waals surface area contributed by atoms with Gasteiger partial charge in [0.25, 0.3) is 5.91 Å². The van der Waals surface area contributed by atoms with Gasteiger partial charge in [0.2, 0.25) is 0 Å². The van der Waals surface area contributed by atoms with Gasteiger partial charge in [-0.1, -0.05) is 29.8 Å². The highest BCUT2D eigenvalue weighted by molar-refractivity contribution is 7.17. The van der Waals surface area contributed by atoms with Gasteiger partial charge in [0.05, 0.1) is 17.9 Å². The molecule has 0 aliphatic heterocycles. The van der Waals surface area contributed by atoms with Crippen molar-refractivity contribution in [2.24, 2.45) is 0 Å². The molecular formula is C20H18ClN3OS. The van der Waals surface area contributed by atoms with Crippen LogP contribution in [0.5, 0.6) is 0 Å². The van der Waals surface area contributed by atoms with Gasteiger partial charge in [0.1, 0.15) is 9.88 Å². The molecule has 132 valence electrons. The molecule has 1 fully saturated rings. The monoisotopic (exact) mass is 383 g/mol. The van der Waals surface area contributed by atoms with Gasteiger partial charge < -0.3 is 4.90 Å².